The van der Waals surface area contributed by atoms with Crippen molar-refractivity contribution in [2.24, 2.45) is 7.05 Å². The molecule has 0 spiro atoms. The zero-order valence-electron chi connectivity index (χ0n) is 10.4. The van der Waals surface area contributed by atoms with E-state index >= 15 is 0 Å². The second kappa shape index (κ2) is 4.72. The van der Waals surface area contributed by atoms with Gasteiger partial charge in [0.1, 0.15) is 17.7 Å². The van der Waals surface area contributed by atoms with Crippen LogP contribution in [0.2, 0.25) is 5.22 Å². The maximum Gasteiger partial charge on any atom is 0.193 e. The third kappa shape index (κ3) is 2.25. The van der Waals surface area contributed by atoms with Gasteiger partial charge in [0, 0.05) is 13.5 Å². The lowest BCUT2D eigenvalue weighted by molar-refractivity contribution is 0.147. The lowest BCUT2D eigenvalue weighted by Crippen LogP contribution is -2.06. The number of aliphatic hydroxyl groups excluding tert-OH is 1. The molecule has 0 fully saturated rings. The Morgan fingerprint density at radius 3 is 2.79 bits per heavy atom. The summed E-state index contributed by atoms with van der Waals surface area (Å²) in [5.41, 5.74) is 1.96. The van der Waals surface area contributed by atoms with Crippen molar-refractivity contribution >= 4 is 22.6 Å². The van der Waals surface area contributed by atoms with Crippen LogP contribution >= 0.6 is 11.6 Å². The molecule has 1 N–H and O–H groups in total. The standard InChI is InChI=1S/C14H13ClN2O2/c1-17-10-5-3-2-4-9(10)16-14(17)8-11(18)12-6-7-13(15)19-12/h2-7,11,18H,8H2,1H3. The van der Waals surface area contributed by atoms with E-state index in [9.17, 15) is 5.11 Å². The Kier molecular flexibility index (Phi) is 3.05. The molecule has 0 amide bonds. The molecule has 0 radical (unpaired) electrons. The van der Waals surface area contributed by atoms with E-state index in [1.165, 1.54) is 0 Å². The number of imidazole rings is 1. The Morgan fingerprint density at radius 1 is 1.32 bits per heavy atom. The Labute approximate surface area is 115 Å². The van der Waals surface area contributed by atoms with Gasteiger partial charge in [0.25, 0.3) is 0 Å². The lowest BCUT2D eigenvalue weighted by atomic mass is 10.2. The summed E-state index contributed by atoms with van der Waals surface area (Å²) in [4.78, 5) is 4.51. The maximum absolute atomic E-state index is 10.1. The highest BCUT2D eigenvalue weighted by Gasteiger charge is 2.16. The smallest absolute Gasteiger partial charge is 0.193 e. The number of hydrogen-bond acceptors (Lipinski definition) is 3. The van der Waals surface area contributed by atoms with Gasteiger partial charge in [-0.05, 0) is 35.9 Å². The van der Waals surface area contributed by atoms with Crippen molar-refractivity contribution in [2.75, 3.05) is 0 Å². The zero-order valence-corrected chi connectivity index (χ0v) is 11.1. The fourth-order valence-corrected chi connectivity index (χ4v) is 2.31. The first-order valence-electron chi connectivity index (χ1n) is 5.99. The van der Waals surface area contributed by atoms with Gasteiger partial charge in [-0.15, -0.1) is 0 Å². The van der Waals surface area contributed by atoms with E-state index in [0.717, 1.165) is 16.9 Å². The van der Waals surface area contributed by atoms with Crippen LogP contribution in [0.4, 0.5) is 0 Å². The first-order chi connectivity index (χ1) is 9.15. The molecule has 3 aromatic rings. The zero-order chi connectivity index (χ0) is 13.4. The summed E-state index contributed by atoms with van der Waals surface area (Å²) in [7, 11) is 1.94. The summed E-state index contributed by atoms with van der Waals surface area (Å²) in [6.07, 6.45) is -0.363. The van der Waals surface area contributed by atoms with E-state index in [1.54, 1.807) is 12.1 Å². The monoisotopic (exact) mass is 276 g/mol. The molecule has 1 unspecified atom stereocenters. The van der Waals surface area contributed by atoms with Crippen LogP contribution in [0.5, 0.6) is 0 Å². The molecule has 2 heterocycles. The molecule has 1 atom stereocenters. The lowest BCUT2D eigenvalue weighted by Gasteiger charge is -2.07. The number of benzene rings is 1. The highest BCUT2D eigenvalue weighted by atomic mass is 35.5. The highest BCUT2D eigenvalue weighted by Crippen LogP contribution is 2.24. The third-order valence-electron chi connectivity index (χ3n) is 3.18. The number of rotatable bonds is 3. The van der Waals surface area contributed by atoms with Crippen molar-refractivity contribution in [1.82, 2.24) is 9.55 Å². The van der Waals surface area contributed by atoms with E-state index in [0.29, 0.717) is 12.2 Å². The van der Waals surface area contributed by atoms with Crippen LogP contribution in [0.25, 0.3) is 11.0 Å². The normalized spacial score (nSPS) is 13.0. The number of para-hydroxylation sites is 2. The van der Waals surface area contributed by atoms with Crippen LogP contribution in [-0.2, 0) is 13.5 Å². The van der Waals surface area contributed by atoms with E-state index in [1.807, 2.05) is 35.9 Å². The van der Waals surface area contributed by atoms with Gasteiger partial charge in [-0.3, -0.25) is 0 Å². The number of hydrogen-bond donors (Lipinski definition) is 1. The molecule has 98 valence electrons. The molecule has 4 nitrogen and oxygen atoms in total. The fourth-order valence-electron chi connectivity index (χ4n) is 2.16. The van der Waals surface area contributed by atoms with Crippen molar-refractivity contribution in [3.8, 4) is 0 Å². The second-order valence-corrected chi connectivity index (χ2v) is 4.81. The fraction of sp³-hybridized carbons (Fsp3) is 0.214. The molecule has 0 bridgehead atoms. The summed E-state index contributed by atoms with van der Waals surface area (Å²) in [6.45, 7) is 0. The number of nitrogens with zero attached hydrogens (tertiary/aromatic N) is 2. The predicted octanol–water partition coefficient (Wildman–Crippen LogP) is 3.10. The van der Waals surface area contributed by atoms with Crippen molar-refractivity contribution in [3.05, 3.63) is 53.2 Å². The summed E-state index contributed by atoms with van der Waals surface area (Å²) in [6, 6.07) is 11.2. The molecular formula is C14H13ClN2O2. The van der Waals surface area contributed by atoms with Crippen LogP contribution in [0.1, 0.15) is 17.7 Å². The Bertz CT molecular complexity index is 717. The van der Waals surface area contributed by atoms with Gasteiger partial charge in [-0.1, -0.05) is 12.1 Å². The molecule has 0 saturated carbocycles. The molecule has 0 saturated heterocycles. The first-order valence-corrected chi connectivity index (χ1v) is 6.36. The van der Waals surface area contributed by atoms with E-state index in [-0.39, 0.29) is 5.22 Å². The Balaban J connectivity index is 1.91. The minimum Gasteiger partial charge on any atom is -0.447 e. The van der Waals surface area contributed by atoms with Crippen molar-refractivity contribution in [3.63, 3.8) is 0 Å². The second-order valence-electron chi connectivity index (χ2n) is 4.44. The number of aliphatic hydroxyl groups is 1. The SMILES string of the molecule is Cn1c(CC(O)c2ccc(Cl)o2)nc2ccccc21. The topological polar surface area (TPSA) is 51.2 Å². The first kappa shape index (κ1) is 12.3. The number of furan rings is 1. The van der Waals surface area contributed by atoms with Crippen LogP contribution in [0, 0.1) is 0 Å². The molecule has 0 aliphatic heterocycles. The maximum atomic E-state index is 10.1. The average Bonchev–Trinajstić information content (AvgIpc) is 2.96. The van der Waals surface area contributed by atoms with Crippen LogP contribution in [0.3, 0.4) is 0 Å². The number of aryl methyl sites for hydroxylation is 1. The third-order valence-corrected chi connectivity index (χ3v) is 3.38. The van der Waals surface area contributed by atoms with E-state index in [4.69, 9.17) is 16.0 Å². The van der Waals surface area contributed by atoms with Crippen molar-refractivity contribution in [1.29, 1.82) is 0 Å². The molecule has 0 aliphatic carbocycles. The van der Waals surface area contributed by atoms with Crippen molar-refractivity contribution in [2.45, 2.75) is 12.5 Å². The van der Waals surface area contributed by atoms with Gasteiger partial charge >= 0.3 is 0 Å². The summed E-state index contributed by atoms with van der Waals surface area (Å²) in [5.74, 6) is 1.26. The Morgan fingerprint density at radius 2 is 2.11 bits per heavy atom. The molecule has 2 aromatic heterocycles. The average molecular weight is 277 g/mol. The number of fused-ring (bicyclic) bond motifs is 1. The molecule has 0 aliphatic rings. The van der Waals surface area contributed by atoms with Gasteiger partial charge in [0.2, 0.25) is 0 Å². The van der Waals surface area contributed by atoms with E-state index in [2.05, 4.69) is 4.98 Å². The van der Waals surface area contributed by atoms with Crippen LogP contribution < -0.4 is 0 Å². The minimum absolute atomic E-state index is 0.277. The van der Waals surface area contributed by atoms with Crippen LogP contribution in [-0.4, -0.2) is 14.7 Å². The summed E-state index contributed by atoms with van der Waals surface area (Å²) in [5, 5.41) is 10.4. The van der Waals surface area contributed by atoms with Crippen LogP contribution in [0.15, 0.2) is 40.8 Å². The van der Waals surface area contributed by atoms with Gasteiger partial charge in [-0.25, -0.2) is 4.98 Å². The Hall–Kier alpha value is -1.78. The largest absolute Gasteiger partial charge is 0.447 e. The molecule has 3 rings (SSSR count). The van der Waals surface area contributed by atoms with Gasteiger partial charge in [-0.2, -0.15) is 0 Å². The minimum atomic E-state index is -0.747. The van der Waals surface area contributed by atoms with Crippen molar-refractivity contribution < 1.29 is 9.52 Å². The van der Waals surface area contributed by atoms with Gasteiger partial charge in [0.15, 0.2) is 5.22 Å². The predicted molar refractivity (Wildman–Crippen MR) is 73.1 cm³/mol. The summed E-state index contributed by atoms with van der Waals surface area (Å²) >= 11 is 5.70. The van der Waals surface area contributed by atoms with Gasteiger partial charge in [0.05, 0.1) is 11.0 Å². The summed E-state index contributed by atoms with van der Waals surface area (Å²) < 4.78 is 7.19. The van der Waals surface area contributed by atoms with E-state index < -0.39 is 6.10 Å². The quantitative estimate of drug-likeness (QED) is 0.800. The number of halogens is 1. The molecule has 1 aromatic carbocycles. The highest BCUT2D eigenvalue weighted by molar-refractivity contribution is 6.28. The molecule has 5 heteroatoms. The van der Waals surface area contributed by atoms with Gasteiger partial charge < -0.3 is 14.1 Å². The molecular weight excluding hydrogens is 264 g/mol. The number of aromatic nitrogens is 2. The molecule has 19 heavy (non-hydrogen) atoms.